The lowest BCUT2D eigenvalue weighted by Crippen LogP contribution is -1.84. The van der Waals surface area contributed by atoms with E-state index in [4.69, 9.17) is 0 Å². The van der Waals surface area contributed by atoms with Gasteiger partial charge in [0.05, 0.1) is 10.8 Å². The molecule has 0 N–H and O–H groups in total. The Morgan fingerprint density at radius 1 is 1.07 bits per heavy atom. The predicted octanol–water partition coefficient (Wildman–Crippen LogP) is 3.53. The van der Waals surface area contributed by atoms with Crippen molar-refractivity contribution in [1.82, 2.24) is 0 Å². The van der Waals surface area contributed by atoms with E-state index in [-0.39, 0.29) is 0 Å². The van der Waals surface area contributed by atoms with Gasteiger partial charge >= 0.3 is 0 Å². The second-order valence-electron chi connectivity index (χ2n) is 2.93. The van der Waals surface area contributed by atoms with Crippen LogP contribution in [0.4, 0.5) is 0 Å². The van der Waals surface area contributed by atoms with E-state index in [2.05, 4.69) is 0 Å². The van der Waals surface area contributed by atoms with E-state index in [9.17, 15) is 4.21 Å². The van der Waals surface area contributed by atoms with E-state index in [1.165, 1.54) is 0 Å². The van der Waals surface area contributed by atoms with Crippen molar-refractivity contribution < 1.29 is 4.21 Å². The summed E-state index contributed by atoms with van der Waals surface area (Å²) in [5.41, 5.74) is 0. The molecule has 3 heteroatoms. The highest BCUT2D eigenvalue weighted by Crippen LogP contribution is 2.13. The fourth-order valence-electron chi connectivity index (χ4n) is 1.15. The predicted molar refractivity (Wildman–Crippen MR) is 66.2 cm³/mol. The average molecular weight is 234 g/mol. The lowest BCUT2D eigenvalue weighted by molar-refractivity contribution is 0.688. The van der Waals surface area contributed by atoms with Crippen molar-refractivity contribution in [3.05, 3.63) is 58.1 Å². The maximum atomic E-state index is 11.8. The van der Waals surface area contributed by atoms with Gasteiger partial charge in [-0.25, -0.2) is 4.21 Å². The summed E-state index contributed by atoms with van der Waals surface area (Å²) in [6.07, 6.45) is 1.90. The summed E-state index contributed by atoms with van der Waals surface area (Å²) in [4.78, 5) is 1.96. The van der Waals surface area contributed by atoms with Crippen LogP contribution in [0.1, 0.15) is 4.88 Å². The molecule has 0 aliphatic carbocycles. The Balaban J connectivity index is 2.11. The van der Waals surface area contributed by atoms with E-state index in [1.54, 1.807) is 16.7 Å². The minimum absolute atomic E-state index is 0.838. The fraction of sp³-hybridized carbons (Fsp3) is 0. The molecule has 0 bridgehead atoms. The average Bonchev–Trinajstić information content (AvgIpc) is 2.80. The molecule has 1 unspecified atom stereocenters. The second-order valence-corrected chi connectivity index (χ2v) is 5.25. The molecule has 0 aliphatic rings. The quantitative estimate of drug-likeness (QED) is 0.794. The molecule has 0 spiro atoms. The smallest absolute Gasteiger partial charge is 0.0776 e. The minimum Gasteiger partial charge on any atom is -0.250 e. The maximum Gasteiger partial charge on any atom is 0.0776 e. The first kappa shape index (κ1) is 10.3. The van der Waals surface area contributed by atoms with Crippen molar-refractivity contribution in [2.45, 2.75) is 4.90 Å². The van der Waals surface area contributed by atoms with Gasteiger partial charge in [-0.1, -0.05) is 24.3 Å². The summed E-state index contributed by atoms with van der Waals surface area (Å²) < 4.78 is 11.8. The Kier molecular flexibility index (Phi) is 3.48. The van der Waals surface area contributed by atoms with E-state index >= 15 is 0 Å². The van der Waals surface area contributed by atoms with Crippen LogP contribution >= 0.6 is 11.3 Å². The van der Waals surface area contributed by atoms with Crippen LogP contribution in [-0.2, 0) is 10.8 Å². The first-order valence-electron chi connectivity index (χ1n) is 4.53. The van der Waals surface area contributed by atoms with Crippen LogP contribution in [-0.4, -0.2) is 4.21 Å². The molecule has 2 aromatic rings. The Morgan fingerprint density at radius 2 is 1.87 bits per heavy atom. The maximum absolute atomic E-state index is 11.8. The zero-order chi connectivity index (χ0) is 10.5. The van der Waals surface area contributed by atoms with Gasteiger partial charge in [-0.2, -0.15) is 0 Å². The van der Waals surface area contributed by atoms with E-state index in [1.807, 2.05) is 53.9 Å². The molecule has 0 radical (unpaired) electrons. The van der Waals surface area contributed by atoms with Crippen LogP contribution in [0, 0.1) is 0 Å². The monoisotopic (exact) mass is 234 g/mol. The number of benzene rings is 1. The lowest BCUT2D eigenvalue weighted by atomic mass is 10.4. The molecular weight excluding hydrogens is 224 g/mol. The topological polar surface area (TPSA) is 17.1 Å². The highest BCUT2D eigenvalue weighted by molar-refractivity contribution is 7.88. The summed E-state index contributed by atoms with van der Waals surface area (Å²) >= 11 is 1.64. The number of hydrogen-bond acceptors (Lipinski definition) is 2. The van der Waals surface area contributed by atoms with Crippen molar-refractivity contribution in [2.24, 2.45) is 0 Å². The van der Waals surface area contributed by atoms with Crippen molar-refractivity contribution >= 4 is 28.2 Å². The molecule has 0 saturated heterocycles. The Bertz CT molecular complexity index is 458. The first-order chi connectivity index (χ1) is 7.36. The minimum atomic E-state index is -1.04. The molecule has 15 heavy (non-hydrogen) atoms. The largest absolute Gasteiger partial charge is 0.250 e. The number of rotatable bonds is 3. The van der Waals surface area contributed by atoms with Crippen LogP contribution in [0.5, 0.6) is 0 Å². The van der Waals surface area contributed by atoms with E-state index in [0.29, 0.717) is 0 Å². The molecule has 0 amide bonds. The Labute approximate surface area is 95.5 Å². The third-order valence-electron chi connectivity index (χ3n) is 1.87. The van der Waals surface area contributed by atoms with E-state index < -0.39 is 10.8 Å². The molecule has 0 saturated carbocycles. The number of hydrogen-bond donors (Lipinski definition) is 0. The van der Waals surface area contributed by atoms with Crippen LogP contribution in [0.15, 0.2) is 58.1 Å². The Morgan fingerprint density at radius 3 is 2.53 bits per heavy atom. The van der Waals surface area contributed by atoms with Gasteiger partial charge < -0.3 is 0 Å². The second kappa shape index (κ2) is 5.05. The van der Waals surface area contributed by atoms with Crippen LogP contribution < -0.4 is 0 Å². The highest BCUT2D eigenvalue weighted by atomic mass is 32.2. The third-order valence-corrected chi connectivity index (χ3v) is 3.83. The van der Waals surface area contributed by atoms with Gasteiger partial charge in [0.1, 0.15) is 0 Å². The zero-order valence-corrected chi connectivity index (χ0v) is 9.63. The highest BCUT2D eigenvalue weighted by Gasteiger charge is 1.97. The van der Waals surface area contributed by atoms with Gasteiger partial charge in [0.25, 0.3) is 0 Å². The van der Waals surface area contributed by atoms with Crippen molar-refractivity contribution in [3.63, 3.8) is 0 Å². The fourth-order valence-corrected chi connectivity index (χ4v) is 2.71. The van der Waals surface area contributed by atoms with Crippen molar-refractivity contribution in [1.29, 1.82) is 0 Å². The SMILES string of the molecule is O=S(/C=C/c1cccs1)c1ccccc1. The summed E-state index contributed by atoms with van der Waals surface area (Å²) in [5.74, 6) is 0. The summed E-state index contributed by atoms with van der Waals surface area (Å²) in [7, 11) is -1.04. The molecule has 1 aromatic carbocycles. The zero-order valence-electron chi connectivity index (χ0n) is 8.00. The Hall–Kier alpha value is -1.19. The first-order valence-corrected chi connectivity index (χ1v) is 6.63. The van der Waals surface area contributed by atoms with Crippen LogP contribution in [0.3, 0.4) is 0 Å². The molecule has 1 atom stereocenters. The summed E-state index contributed by atoms with van der Waals surface area (Å²) in [6, 6.07) is 13.4. The van der Waals surface area contributed by atoms with Gasteiger partial charge in [0.2, 0.25) is 0 Å². The summed E-state index contributed by atoms with van der Waals surface area (Å²) in [5, 5.41) is 3.73. The number of thiophene rings is 1. The normalized spacial score (nSPS) is 13.1. The van der Waals surface area contributed by atoms with Crippen molar-refractivity contribution in [2.75, 3.05) is 0 Å². The van der Waals surface area contributed by atoms with Gasteiger partial charge in [-0.05, 0) is 29.7 Å². The lowest BCUT2D eigenvalue weighted by Gasteiger charge is -1.94. The molecule has 2 rings (SSSR count). The molecule has 1 heterocycles. The van der Waals surface area contributed by atoms with Crippen LogP contribution in [0.2, 0.25) is 0 Å². The molecule has 0 aliphatic heterocycles. The van der Waals surface area contributed by atoms with Gasteiger partial charge in [0.15, 0.2) is 0 Å². The van der Waals surface area contributed by atoms with Gasteiger partial charge in [-0.3, -0.25) is 0 Å². The molecule has 1 nitrogen and oxygen atoms in total. The molecule has 1 aromatic heterocycles. The summed E-state index contributed by atoms with van der Waals surface area (Å²) in [6.45, 7) is 0. The van der Waals surface area contributed by atoms with Gasteiger partial charge in [0, 0.05) is 15.2 Å². The van der Waals surface area contributed by atoms with Gasteiger partial charge in [-0.15, -0.1) is 11.3 Å². The standard InChI is InChI=1S/C12H10OS2/c13-15(12-6-2-1-3-7-12)10-8-11-5-4-9-14-11/h1-10H/b10-8+. The van der Waals surface area contributed by atoms with Crippen LogP contribution in [0.25, 0.3) is 6.08 Å². The van der Waals surface area contributed by atoms with E-state index in [0.717, 1.165) is 9.77 Å². The van der Waals surface area contributed by atoms with Crippen molar-refractivity contribution in [3.8, 4) is 0 Å². The third kappa shape index (κ3) is 2.88. The molecular formula is C12H10OS2. The molecule has 76 valence electrons. The molecule has 0 fully saturated rings.